The first-order valence-corrected chi connectivity index (χ1v) is 12.6. The average Bonchev–Trinajstić information content (AvgIpc) is 3.08. The van der Waals surface area contributed by atoms with Crippen LogP contribution in [0.5, 0.6) is 11.5 Å². The summed E-state index contributed by atoms with van der Waals surface area (Å²) in [7, 11) is 1.63. The number of hydrogen-bond donors (Lipinski definition) is 1. The van der Waals surface area contributed by atoms with Gasteiger partial charge >= 0.3 is 0 Å². The van der Waals surface area contributed by atoms with Gasteiger partial charge in [0.05, 0.1) is 11.5 Å². The molecule has 0 aromatic heterocycles. The van der Waals surface area contributed by atoms with Crippen molar-refractivity contribution in [1.29, 1.82) is 0 Å². The third-order valence-electron chi connectivity index (χ3n) is 5.20. The number of thiocarbonyl (C=S) groups is 1. The lowest BCUT2D eigenvalue weighted by atomic mass is 10.1. The van der Waals surface area contributed by atoms with E-state index in [1.54, 1.807) is 30.2 Å². The quantitative estimate of drug-likeness (QED) is 0.258. The van der Waals surface area contributed by atoms with Crippen LogP contribution in [0, 0.1) is 13.8 Å². The fourth-order valence-corrected chi connectivity index (χ4v) is 4.72. The fraction of sp³-hybridized carbons (Fsp3) is 0.346. The molecule has 0 spiro atoms. The number of nitrogens with zero attached hydrogens (tertiary/aromatic N) is 1. The van der Waals surface area contributed by atoms with E-state index >= 15 is 0 Å². The van der Waals surface area contributed by atoms with Crippen molar-refractivity contribution in [2.45, 2.75) is 27.2 Å². The lowest BCUT2D eigenvalue weighted by molar-refractivity contribution is -0.122. The van der Waals surface area contributed by atoms with Gasteiger partial charge < -0.3 is 19.5 Å². The van der Waals surface area contributed by atoms with Crippen LogP contribution in [-0.4, -0.2) is 54.5 Å². The molecule has 2 aromatic rings. The van der Waals surface area contributed by atoms with Gasteiger partial charge in [0.1, 0.15) is 4.32 Å². The Morgan fingerprint density at radius 1 is 1.14 bits per heavy atom. The second kappa shape index (κ2) is 12.7. The standard InChI is InChI=1S/C26H30N2O5S2/c1-5-32-22-14-19(15-23-25(30)28(26(34)35-23)11-6-12-31-4)9-10-21(22)33-16-24(29)27-20-13-17(2)7-8-18(20)3/h7-10,13-15H,5-6,11-12,16H2,1-4H3,(H,27,29)/b23-15-. The molecular weight excluding hydrogens is 484 g/mol. The van der Waals surface area contributed by atoms with Crippen molar-refractivity contribution in [3.63, 3.8) is 0 Å². The van der Waals surface area contributed by atoms with Crippen LogP contribution >= 0.6 is 24.0 Å². The van der Waals surface area contributed by atoms with Crippen LogP contribution in [0.3, 0.4) is 0 Å². The largest absolute Gasteiger partial charge is 0.490 e. The predicted octanol–water partition coefficient (Wildman–Crippen LogP) is 4.96. The summed E-state index contributed by atoms with van der Waals surface area (Å²) in [5.41, 5.74) is 3.58. The van der Waals surface area contributed by atoms with Gasteiger partial charge in [-0.15, -0.1) is 0 Å². The molecule has 0 saturated carbocycles. The molecular formula is C26H30N2O5S2. The number of nitrogens with one attached hydrogen (secondary N) is 1. The van der Waals surface area contributed by atoms with Gasteiger partial charge in [-0.25, -0.2) is 0 Å². The Hall–Kier alpha value is -2.88. The third-order valence-corrected chi connectivity index (χ3v) is 6.57. The van der Waals surface area contributed by atoms with Crippen LogP contribution in [0.15, 0.2) is 41.3 Å². The molecule has 1 heterocycles. The fourth-order valence-electron chi connectivity index (χ4n) is 3.41. The van der Waals surface area contributed by atoms with E-state index in [-0.39, 0.29) is 18.4 Å². The van der Waals surface area contributed by atoms with Gasteiger partial charge in [0.2, 0.25) is 0 Å². The maximum Gasteiger partial charge on any atom is 0.266 e. The topological polar surface area (TPSA) is 77.1 Å². The molecule has 186 valence electrons. The van der Waals surface area contributed by atoms with E-state index in [1.165, 1.54) is 11.8 Å². The van der Waals surface area contributed by atoms with Gasteiger partial charge in [-0.2, -0.15) is 0 Å². The number of methoxy groups -OCH3 is 1. The summed E-state index contributed by atoms with van der Waals surface area (Å²) in [6.07, 6.45) is 2.50. The molecule has 1 aliphatic rings. The highest BCUT2D eigenvalue weighted by Gasteiger charge is 2.31. The molecule has 1 saturated heterocycles. The second-order valence-corrected chi connectivity index (χ2v) is 9.65. The zero-order valence-electron chi connectivity index (χ0n) is 20.4. The summed E-state index contributed by atoms with van der Waals surface area (Å²) in [4.78, 5) is 27.4. The van der Waals surface area contributed by atoms with Crippen molar-refractivity contribution < 1.29 is 23.8 Å². The third kappa shape index (κ3) is 7.30. The van der Waals surface area contributed by atoms with Crippen molar-refractivity contribution in [2.24, 2.45) is 0 Å². The summed E-state index contributed by atoms with van der Waals surface area (Å²) in [5.74, 6) is 0.573. The summed E-state index contributed by atoms with van der Waals surface area (Å²) in [5, 5.41) is 2.88. The van der Waals surface area contributed by atoms with Gasteiger partial charge in [-0.3, -0.25) is 14.5 Å². The smallest absolute Gasteiger partial charge is 0.266 e. The van der Waals surface area contributed by atoms with E-state index in [0.29, 0.717) is 46.9 Å². The van der Waals surface area contributed by atoms with E-state index in [2.05, 4.69) is 5.32 Å². The second-order valence-electron chi connectivity index (χ2n) is 7.97. The maximum absolute atomic E-state index is 12.8. The van der Waals surface area contributed by atoms with Crippen LogP contribution in [0.2, 0.25) is 0 Å². The normalized spacial score (nSPS) is 14.5. The van der Waals surface area contributed by atoms with E-state index in [1.807, 2.05) is 45.0 Å². The molecule has 1 N–H and O–H groups in total. The van der Waals surface area contributed by atoms with E-state index in [0.717, 1.165) is 22.4 Å². The van der Waals surface area contributed by atoms with Crippen molar-refractivity contribution in [3.8, 4) is 11.5 Å². The van der Waals surface area contributed by atoms with Crippen molar-refractivity contribution >= 4 is 51.9 Å². The number of carbonyl (C=O) groups excluding carboxylic acids is 2. The van der Waals surface area contributed by atoms with E-state index in [4.69, 9.17) is 26.4 Å². The number of ether oxygens (including phenoxy) is 3. The summed E-state index contributed by atoms with van der Waals surface area (Å²) in [6.45, 7) is 7.14. The number of aryl methyl sites for hydroxylation is 2. The molecule has 0 atom stereocenters. The molecule has 0 unspecified atom stereocenters. The Morgan fingerprint density at radius 3 is 2.69 bits per heavy atom. The van der Waals surface area contributed by atoms with Crippen LogP contribution in [0.25, 0.3) is 6.08 Å². The predicted molar refractivity (Wildman–Crippen MR) is 144 cm³/mol. The highest BCUT2D eigenvalue weighted by atomic mass is 32.2. The molecule has 2 aromatic carbocycles. The minimum atomic E-state index is -0.262. The Morgan fingerprint density at radius 2 is 1.94 bits per heavy atom. The Kier molecular flexibility index (Phi) is 9.71. The van der Waals surface area contributed by atoms with Gasteiger partial charge in [-0.1, -0.05) is 42.2 Å². The lowest BCUT2D eigenvalue weighted by Gasteiger charge is -2.14. The first kappa shape index (κ1) is 26.7. The summed E-state index contributed by atoms with van der Waals surface area (Å²) in [6, 6.07) is 11.2. The molecule has 7 nitrogen and oxygen atoms in total. The van der Waals surface area contributed by atoms with Crippen molar-refractivity contribution in [2.75, 3.05) is 38.8 Å². The molecule has 9 heteroatoms. The minimum Gasteiger partial charge on any atom is -0.490 e. The van der Waals surface area contributed by atoms with Crippen LogP contribution in [-0.2, 0) is 14.3 Å². The molecule has 35 heavy (non-hydrogen) atoms. The van der Waals surface area contributed by atoms with E-state index < -0.39 is 0 Å². The first-order valence-electron chi connectivity index (χ1n) is 11.3. The maximum atomic E-state index is 12.8. The highest BCUT2D eigenvalue weighted by molar-refractivity contribution is 8.26. The van der Waals surface area contributed by atoms with E-state index in [9.17, 15) is 9.59 Å². The van der Waals surface area contributed by atoms with Crippen molar-refractivity contribution in [3.05, 3.63) is 58.0 Å². The highest BCUT2D eigenvalue weighted by Crippen LogP contribution is 2.35. The van der Waals surface area contributed by atoms with Gasteiger partial charge in [0, 0.05) is 25.9 Å². The van der Waals surface area contributed by atoms with Gasteiger partial charge in [0.15, 0.2) is 18.1 Å². The molecule has 0 aliphatic carbocycles. The molecule has 3 rings (SSSR count). The number of thioether (sulfide) groups is 1. The summed E-state index contributed by atoms with van der Waals surface area (Å²) >= 11 is 6.65. The molecule has 1 fully saturated rings. The molecule has 0 bridgehead atoms. The van der Waals surface area contributed by atoms with Gasteiger partial charge in [-0.05, 0) is 68.2 Å². The van der Waals surface area contributed by atoms with Gasteiger partial charge in [0.25, 0.3) is 11.8 Å². The monoisotopic (exact) mass is 514 g/mol. The zero-order valence-corrected chi connectivity index (χ0v) is 22.0. The van der Waals surface area contributed by atoms with Crippen LogP contribution in [0.4, 0.5) is 5.69 Å². The Labute approximate surface area is 215 Å². The number of anilines is 1. The number of carbonyl (C=O) groups is 2. The Bertz CT molecular complexity index is 1130. The molecule has 1 aliphatic heterocycles. The number of rotatable bonds is 11. The SMILES string of the molecule is CCOc1cc(/C=C2\SC(=S)N(CCCOC)C2=O)ccc1OCC(=O)Nc1cc(C)ccc1C. The van der Waals surface area contributed by atoms with Crippen LogP contribution in [0.1, 0.15) is 30.0 Å². The molecule has 0 radical (unpaired) electrons. The average molecular weight is 515 g/mol. The Balaban J connectivity index is 1.68. The van der Waals surface area contributed by atoms with Crippen molar-refractivity contribution in [1.82, 2.24) is 4.90 Å². The number of benzene rings is 2. The summed E-state index contributed by atoms with van der Waals surface area (Å²) < 4.78 is 17.1. The lowest BCUT2D eigenvalue weighted by Crippen LogP contribution is -2.29. The number of hydrogen-bond acceptors (Lipinski definition) is 7. The van der Waals surface area contributed by atoms with Crippen LogP contribution < -0.4 is 14.8 Å². The first-order chi connectivity index (χ1) is 16.8. The molecule has 2 amide bonds. The zero-order chi connectivity index (χ0) is 25.4. The minimum absolute atomic E-state index is 0.113. The number of amides is 2.